The predicted molar refractivity (Wildman–Crippen MR) is 171 cm³/mol. The van der Waals surface area contributed by atoms with Crippen LogP contribution in [0.4, 0.5) is 0 Å². The number of H-pyrrole nitrogens is 1. The van der Waals surface area contributed by atoms with Crippen molar-refractivity contribution in [1.82, 2.24) is 24.5 Å². The fourth-order valence-electron chi connectivity index (χ4n) is 5.67. The molecule has 0 atom stereocenters. The zero-order valence-electron chi connectivity index (χ0n) is 26.4. The highest BCUT2D eigenvalue weighted by Gasteiger charge is 2.36. The summed E-state index contributed by atoms with van der Waals surface area (Å²) < 4.78 is 2.43. The van der Waals surface area contributed by atoms with Crippen LogP contribution >= 0.6 is 0 Å². The molecule has 5 rings (SSSR count). The Hall–Kier alpha value is -3.47. The van der Waals surface area contributed by atoms with Gasteiger partial charge in [-0.2, -0.15) is 0 Å². The number of nitrogens with zero attached hydrogens (tertiary/aromatic N) is 4. The Balaban J connectivity index is 2.15. The molecule has 1 N–H and O–H groups in total. The molecule has 0 saturated heterocycles. The van der Waals surface area contributed by atoms with Crippen molar-refractivity contribution in [2.24, 2.45) is 5.41 Å². The fraction of sp³-hybridized carbons (Fsp3) is 0.457. The summed E-state index contributed by atoms with van der Waals surface area (Å²) in [6.45, 7) is 27.3. The molecule has 5 heteroatoms. The number of aromatic amines is 1. The SMILES string of the molecule is CC(C)(C)C1=Cc2cc3ccc(cc4nc(cc5nc(C(C)(C)C)c(c(C(C)(C)C)c1n2)n5C(C)(C)C)C=C4)[nH]3. The highest BCUT2D eigenvalue weighted by molar-refractivity contribution is 5.90. The molecule has 0 aliphatic carbocycles. The van der Waals surface area contributed by atoms with Crippen LogP contribution in [0.15, 0.2) is 30.3 Å². The Kier molecular flexibility index (Phi) is 6.33. The van der Waals surface area contributed by atoms with E-state index in [0.29, 0.717) is 0 Å². The maximum atomic E-state index is 5.40. The number of aromatic nitrogens is 5. The molecule has 3 aromatic heterocycles. The standard InChI is InChI=1S/C35H45N5/c1-32(2,3)26-19-25-18-23-14-13-21(36-23)17-22-15-16-24(37-22)20-27-39-31(34(7,8)9)30(40(27)35(10,11)12)28(29(26)38-25)33(4,5)6/h13-20,36H,1-12H3. The van der Waals surface area contributed by atoms with Crippen molar-refractivity contribution in [1.29, 1.82) is 0 Å². The van der Waals surface area contributed by atoms with Gasteiger partial charge in [-0.05, 0) is 79.7 Å². The minimum atomic E-state index is -0.233. The highest BCUT2D eigenvalue weighted by atomic mass is 15.1. The van der Waals surface area contributed by atoms with Crippen molar-refractivity contribution < 1.29 is 0 Å². The number of hydrogen-bond acceptors (Lipinski definition) is 3. The van der Waals surface area contributed by atoms with Crippen LogP contribution in [0.1, 0.15) is 117 Å². The normalized spacial score (nSPS) is 14.6. The molecule has 0 aromatic carbocycles. The molecule has 40 heavy (non-hydrogen) atoms. The monoisotopic (exact) mass is 535 g/mol. The molecule has 0 unspecified atom stereocenters. The summed E-state index contributed by atoms with van der Waals surface area (Å²) in [4.78, 5) is 19.2. The third-order valence-electron chi connectivity index (χ3n) is 7.40. The second-order valence-corrected chi connectivity index (χ2v) is 15.3. The van der Waals surface area contributed by atoms with E-state index in [9.17, 15) is 0 Å². The molecule has 210 valence electrons. The Morgan fingerprint density at radius 3 is 1.73 bits per heavy atom. The van der Waals surface area contributed by atoms with Gasteiger partial charge in [-0.3, -0.25) is 0 Å². The summed E-state index contributed by atoms with van der Waals surface area (Å²) in [6.07, 6.45) is 6.42. The van der Waals surface area contributed by atoms with Gasteiger partial charge in [-0.1, -0.05) is 62.3 Å². The molecule has 8 bridgehead atoms. The summed E-state index contributed by atoms with van der Waals surface area (Å²) in [7, 11) is 0. The zero-order chi connectivity index (χ0) is 29.4. The minimum absolute atomic E-state index is 0.0960. The number of nitrogens with one attached hydrogen (secondary N) is 1. The lowest BCUT2D eigenvalue weighted by Crippen LogP contribution is -2.26. The van der Waals surface area contributed by atoms with Crippen LogP contribution in [-0.4, -0.2) is 24.5 Å². The third-order valence-corrected chi connectivity index (χ3v) is 7.40. The molecule has 5 nitrogen and oxygen atoms in total. The van der Waals surface area contributed by atoms with E-state index >= 15 is 0 Å². The van der Waals surface area contributed by atoms with Crippen LogP contribution in [-0.2, 0) is 16.4 Å². The van der Waals surface area contributed by atoms with Gasteiger partial charge >= 0.3 is 0 Å². The van der Waals surface area contributed by atoms with E-state index in [0.717, 1.165) is 45.2 Å². The Labute approximate surface area is 239 Å². The van der Waals surface area contributed by atoms with Gasteiger partial charge in [0.2, 0.25) is 0 Å². The van der Waals surface area contributed by atoms with Crippen LogP contribution in [0, 0.1) is 5.41 Å². The number of rotatable bonds is 0. The minimum Gasteiger partial charge on any atom is -0.355 e. The molecular weight excluding hydrogens is 490 g/mol. The van der Waals surface area contributed by atoms with Gasteiger partial charge in [0.25, 0.3) is 0 Å². The van der Waals surface area contributed by atoms with Crippen LogP contribution in [0.25, 0.3) is 46.0 Å². The van der Waals surface area contributed by atoms with E-state index in [1.165, 1.54) is 16.7 Å². The molecule has 3 aromatic rings. The smallest absolute Gasteiger partial charge is 0.136 e. The number of imidazole rings is 1. The molecule has 0 amide bonds. The van der Waals surface area contributed by atoms with Gasteiger partial charge in [0, 0.05) is 33.6 Å². The third kappa shape index (κ3) is 5.18. The van der Waals surface area contributed by atoms with Gasteiger partial charge in [-0.25, -0.2) is 15.0 Å². The maximum absolute atomic E-state index is 5.40. The molecular formula is C35H45N5. The van der Waals surface area contributed by atoms with E-state index in [-0.39, 0.29) is 21.8 Å². The van der Waals surface area contributed by atoms with E-state index in [2.05, 4.69) is 141 Å². The second kappa shape index (κ2) is 9.02. The van der Waals surface area contributed by atoms with Crippen molar-refractivity contribution in [2.75, 3.05) is 0 Å². The van der Waals surface area contributed by atoms with Crippen LogP contribution < -0.4 is 0 Å². The lowest BCUT2D eigenvalue weighted by molar-refractivity contribution is 0.417. The van der Waals surface area contributed by atoms with Crippen LogP contribution in [0.3, 0.4) is 0 Å². The van der Waals surface area contributed by atoms with Gasteiger partial charge in [0.1, 0.15) is 5.65 Å². The van der Waals surface area contributed by atoms with E-state index in [4.69, 9.17) is 15.0 Å². The zero-order valence-corrected chi connectivity index (χ0v) is 26.4. The average Bonchev–Trinajstić information content (AvgIpc) is 3.53. The van der Waals surface area contributed by atoms with Gasteiger partial charge < -0.3 is 9.55 Å². The topological polar surface area (TPSA) is 59.4 Å². The summed E-state index contributed by atoms with van der Waals surface area (Å²) in [5, 5.41) is 0. The van der Waals surface area contributed by atoms with Crippen molar-refractivity contribution in [3.05, 3.63) is 64.4 Å². The van der Waals surface area contributed by atoms with Crippen LogP contribution in [0.2, 0.25) is 0 Å². The van der Waals surface area contributed by atoms with Gasteiger partial charge in [0.05, 0.1) is 34.0 Å². The number of hydrogen-bond donors (Lipinski definition) is 1. The Bertz CT molecular complexity index is 1710. The van der Waals surface area contributed by atoms with Gasteiger partial charge in [-0.15, -0.1) is 0 Å². The number of fused-ring (bicyclic) bond motifs is 8. The quantitative estimate of drug-likeness (QED) is 0.244. The molecule has 5 heterocycles. The highest BCUT2D eigenvalue weighted by Crippen LogP contribution is 2.45. The molecule has 0 radical (unpaired) electrons. The first-order chi connectivity index (χ1) is 18.3. The average molecular weight is 536 g/mol. The molecule has 0 saturated carbocycles. The predicted octanol–water partition coefficient (Wildman–Crippen LogP) is 9.29. The Morgan fingerprint density at radius 2 is 1.20 bits per heavy atom. The van der Waals surface area contributed by atoms with Gasteiger partial charge in [0.15, 0.2) is 0 Å². The van der Waals surface area contributed by atoms with Crippen molar-refractivity contribution in [3.8, 4) is 0 Å². The molecule has 2 aliphatic heterocycles. The molecule has 0 fully saturated rings. The second-order valence-electron chi connectivity index (χ2n) is 15.3. The summed E-state index contributed by atoms with van der Waals surface area (Å²) >= 11 is 0. The van der Waals surface area contributed by atoms with E-state index < -0.39 is 0 Å². The fourth-order valence-corrected chi connectivity index (χ4v) is 5.67. The lowest BCUT2D eigenvalue weighted by atomic mass is 9.76. The first-order valence-corrected chi connectivity index (χ1v) is 14.4. The first kappa shape index (κ1) is 28.1. The number of allylic oxidation sites excluding steroid dienone is 1. The largest absolute Gasteiger partial charge is 0.355 e. The first-order valence-electron chi connectivity index (χ1n) is 14.4. The summed E-state index contributed by atoms with van der Waals surface area (Å²) in [5.74, 6) is 0. The molecule has 2 aliphatic rings. The maximum Gasteiger partial charge on any atom is 0.136 e. The summed E-state index contributed by atoms with van der Waals surface area (Å²) in [6, 6.07) is 10.6. The summed E-state index contributed by atoms with van der Waals surface area (Å²) in [5.41, 5.74) is 10.8. The lowest BCUT2D eigenvalue weighted by Gasteiger charge is -2.31. The van der Waals surface area contributed by atoms with Crippen molar-refractivity contribution in [2.45, 2.75) is 99.5 Å². The van der Waals surface area contributed by atoms with E-state index in [1.54, 1.807) is 0 Å². The van der Waals surface area contributed by atoms with Crippen LogP contribution in [0.5, 0.6) is 0 Å². The van der Waals surface area contributed by atoms with Crippen molar-refractivity contribution >= 4 is 46.0 Å². The Morgan fingerprint density at radius 1 is 0.625 bits per heavy atom. The van der Waals surface area contributed by atoms with Crippen molar-refractivity contribution in [3.63, 3.8) is 0 Å². The van der Waals surface area contributed by atoms with E-state index in [1.807, 2.05) is 0 Å². The molecule has 0 spiro atoms.